The van der Waals surface area contributed by atoms with E-state index in [0.29, 0.717) is 38.9 Å². The SMILES string of the molecule is CC(C)(C)OC(=O)NC1(C2(C(=O)O)CCOCC2)CCC1. The van der Waals surface area contributed by atoms with Crippen LogP contribution in [0.2, 0.25) is 0 Å². The van der Waals surface area contributed by atoms with Crippen molar-refractivity contribution < 1.29 is 24.2 Å². The average molecular weight is 299 g/mol. The Labute approximate surface area is 125 Å². The Hall–Kier alpha value is -1.30. The maximum Gasteiger partial charge on any atom is 0.408 e. The molecule has 2 fully saturated rings. The number of ether oxygens (including phenoxy) is 2. The molecule has 1 heterocycles. The quantitative estimate of drug-likeness (QED) is 0.835. The van der Waals surface area contributed by atoms with Crippen LogP contribution in [0.3, 0.4) is 0 Å². The van der Waals surface area contributed by atoms with Crippen LogP contribution >= 0.6 is 0 Å². The molecule has 2 N–H and O–H groups in total. The molecular weight excluding hydrogens is 274 g/mol. The molecule has 0 aromatic rings. The minimum Gasteiger partial charge on any atom is -0.481 e. The molecule has 120 valence electrons. The number of hydrogen-bond acceptors (Lipinski definition) is 4. The Morgan fingerprint density at radius 3 is 2.10 bits per heavy atom. The van der Waals surface area contributed by atoms with Crippen molar-refractivity contribution >= 4 is 12.1 Å². The number of hydrogen-bond donors (Lipinski definition) is 2. The van der Waals surface area contributed by atoms with Crippen molar-refractivity contribution in [2.75, 3.05) is 13.2 Å². The number of carboxylic acids is 1. The summed E-state index contributed by atoms with van der Waals surface area (Å²) in [4.78, 5) is 24.1. The van der Waals surface area contributed by atoms with Crippen LogP contribution in [-0.4, -0.2) is 41.5 Å². The lowest BCUT2D eigenvalue weighted by molar-refractivity contribution is -0.168. The summed E-state index contributed by atoms with van der Waals surface area (Å²) in [7, 11) is 0. The third-order valence-electron chi connectivity index (χ3n) is 4.62. The molecule has 1 amide bonds. The molecule has 6 nitrogen and oxygen atoms in total. The second-order valence-corrected chi connectivity index (χ2v) is 7.06. The van der Waals surface area contributed by atoms with Gasteiger partial charge >= 0.3 is 12.1 Å². The standard InChI is InChI=1S/C15H25NO5/c1-13(2,3)21-12(19)16-15(5-4-6-15)14(11(17)18)7-9-20-10-8-14/h4-10H2,1-3H3,(H,16,19)(H,17,18). The van der Waals surface area contributed by atoms with Gasteiger partial charge in [0.15, 0.2) is 0 Å². The molecule has 6 heteroatoms. The Bertz CT molecular complexity index is 416. The van der Waals surface area contributed by atoms with Crippen molar-refractivity contribution in [2.24, 2.45) is 5.41 Å². The van der Waals surface area contributed by atoms with E-state index >= 15 is 0 Å². The summed E-state index contributed by atoms with van der Waals surface area (Å²) in [5, 5.41) is 12.7. The van der Waals surface area contributed by atoms with Crippen LogP contribution in [0.25, 0.3) is 0 Å². The first-order chi connectivity index (χ1) is 9.71. The van der Waals surface area contributed by atoms with E-state index in [2.05, 4.69) is 5.32 Å². The Morgan fingerprint density at radius 2 is 1.71 bits per heavy atom. The maximum absolute atomic E-state index is 12.1. The highest BCUT2D eigenvalue weighted by Crippen LogP contribution is 2.52. The van der Waals surface area contributed by atoms with Gasteiger partial charge in [-0.3, -0.25) is 4.79 Å². The van der Waals surface area contributed by atoms with E-state index in [0.717, 1.165) is 6.42 Å². The molecule has 0 unspecified atom stereocenters. The van der Waals surface area contributed by atoms with Gasteiger partial charge in [0.25, 0.3) is 0 Å². The van der Waals surface area contributed by atoms with Crippen LogP contribution in [0, 0.1) is 5.41 Å². The van der Waals surface area contributed by atoms with Crippen LogP contribution < -0.4 is 5.32 Å². The number of carboxylic acid groups (broad SMARTS) is 1. The fraction of sp³-hybridized carbons (Fsp3) is 0.867. The lowest BCUT2D eigenvalue weighted by Crippen LogP contribution is -2.68. The first-order valence-electron chi connectivity index (χ1n) is 7.53. The summed E-state index contributed by atoms with van der Waals surface area (Å²) >= 11 is 0. The van der Waals surface area contributed by atoms with Gasteiger partial charge in [-0.1, -0.05) is 0 Å². The predicted molar refractivity (Wildman–Crippen MR) is 76.1 cm³/mol. The number of aliphatic carboxylic acids is 1. The third kappa shape index (κ3) is 3.00. The zero-order chi connectivity index (χ0) is 15.7. The lowest BCUT2D eigenvalue weighted by Gasteiger charge is -2.55. The number of carbonyl (C=O) groups is 2. The number of carbonyl (C=O) groups excluding carboxylic acids is 1. The van der Waals surface area contributed by atoms with Gasteiger partial charge in [-0.15, -0.1) is 0 Å². The smallest absolute Gasteiger partial charge is 0.408 e. The molecule has 1 saturated heterocycles. The van der Waals surface area contributed by atoms with Crippen LogP contribution in [0.15, 0.2) is 0 Å². The lowest BCUT2D eigenvalue weighted by atomic mass is 9.55. The first kappa shape index (κ1) is 16.1. The first-order valence-corrected chi connectivity index (χ1v) is 7.53. The van der Waals surface area contributed by atoms with Gasteiger partial charge in [0.05, 0.1) is 11.0 Å². The van der Waals surface area contributed by atoms with Gasteiger partial charge in [0.2, 0.25) is 0 Å². The van der Waals surface area contributed by atoms with Crippen molar-refractivity contribution in [3.8, 4) is 0 Å². The molecule has 1 aliphatic carbocycles. The fourth-order valence-corrected chi connectivity index (χ4v) is 3.37. The van der Waals surface area contributed by atoms with Gasteiger partial charge in [0.1, 0.15) is 5.60 Å². The molecule has 2 rings (SSSR count). The highest BCUT2D eigenvalue weighted by atomic mass is 16.6. The summed E-state index contributed by atoms with van der Waals surface area (Å²) < 4.78 is 10.6. The van der Waals surface area contributed by atoms with Crippen LogP contribution in [0.1, 0.15) is 52.9 Å². The zero-order valence-corrected chi connectivity index (χ0v) is 13.0. The van der Waals surface area contributed by atoms with E-state index < -0.39 is 28.6 Å². The van der Waals surface area contributed by atoms with E-state index in [4.69, 9.17) is 9.47 Å². The van der Waals surface area contributed by atoms with Gasteiger partial charge < -0.3 is 19.9 Å². The predicted octanol–water partition coefficient (Wildman–Crippen LogP) is 2.32. The summed E-state index contributed by atoms with van der Waals surface area (Å²) in [5.41, 5.74) is -2.24. The summed E-state index contributed by atoms with van der Waals surface area (Å²) in [6, 6.07) is 0. The molecule has 0 bridgehead atoms. The van der Waals surface area contributed by atoms with Gasteiger partial charge in [-0.25, -0.2) is 4.79 Å². The minimum absolute atomic E-state index is 0.421. The van der Waals surface area contributed by atoms with Crippen LogP contribution in [0.5, 0.6) is 0 Å². The monoisotopic (exact) mass is 299 g/mol. The van der Waals surface area contributed by atoms with Gasteiger partial charge in [0, 0.05) is 13.2 Å². The number of alkyl carbamates (subject to hydrolysis) is 1. The van der Waals surface area contributed by atoms with Gasteiger partial charge in [-0.2, -0.15) is 0 Å². The van der Waals surface area contributed by atoms with Crippen molar-refractivity contribution in [3.05, 3.63) is 0 Å². The summed E-state index contributed by atoms with van der Waals surface area (Å²) in [6.07, 6.45) is 2.60. The van der Waals surface area contributed by atoms with Gasteiger partial charge in [-0.05, 0) is 52.9 Å². The Morgan fingerprint density at radius 1 is 1.14 bits per heavy atom. The molecule has 1 saturated carbocycles. The normalized spacial score (nSPS) is 23.8. The van der Waals surface area contributed by atoms with Crippen molar-refractivity contribution in [1.29, 1.82) is 0 Å². The number of amides is 1. The largest absolute Gasteiger partial charge is 0.481 e. The zero-order valence-electron chi connectivity index (χ0n) is 13.0. The second-order valence-electron chi connectivity index (χ2n) is 7.06. The minimum atomic E-state index is -0.944. The summed E-state index contributed by atoms with van der Waals surface area (Å²) in [5.74, 6) is -0.846. The molecule has 0 aromatic heterocycles. The maximum atomic E-state index is 12.1. The molecule has 1 aliphatic heterocycles. The molecule has 21 heavy (non-hydrogen) atoms. The molecule has 0 spiro atoms. The van der Waals surface area contributed by atoms with E-state index in [-0.39, 0.29) is 0 Å². The Balaban J connectivity index is 2.19. The number of nitrogens with one attached hydrogen (secondary N) is 1. The fourth-order valence-electron chi connectivity index (χ4n) is 3.37. The van der Waals surface area contributed by atoms with Crippen molar-refractivity contribution in [3.63, 3.8) is 0 Å². The van der Waals surface area contributed by atoms with Crippen molar-refractivity contribution in [2.45, 2.75) is 64.0 Å². The summed E-state index contributed by atoms with van der Waals surface area (Å²) in [6.45, 7) is 6.22. The molecule has 0 atom stereocenters. The van der Waals surface area contributed by atoms with Crippen LogP contribution in [0.4, 0.5) is 4.79 Å². The van der Waals surface area contributed by atoms with Crippen molar-refractivity contribution in [1.82, 2.24) is 5.32 Å². The molecule has 0 radical (unpaired) electrons. The molecule has 2 aliphatic rings. The number of rotatable bonds is 3. The van der Waals surface area contributed by atoms with E-state index in [1.807, 2.05) is 0 Å². The third-order valence-corrected chi connectivity index (χ3v) is 4.62. The average Bonchev–Trinajstić information content (AvgIpc) is 2.32. The molecular formula is C15H25NO5. The Kier molecular flexibility index (Phi) is 4.19. The topological polar surface area (TPSA) is 84.9 Å². The van der Waals surface area contributed by atoms with Crippen LogP contribution in [-0.2, 0) is 14.3 Å². The highest BCUT2D eigenvalue weighted by Gasteiger charge is 2.60. The van der Waals surface area contributed by atoms with E-state index in [1.54, 1.807) is 20.8 Å². The van der Waals surface area contributed by atoms with E-state index in [1.165, 1.54) is 0 Å². The van der Waals surface area contributed by atoms with E-state index in [9.17, 15) is 14.7 Å². The second kappa shape index (κ2) is 5.48. The molecule has 0 aromatic carbocycles. The highest BCUT2D eigenvalue weighted by molar-refractivity contribution is 5.79.